The third kappa shape index (κ3) is 3.33. The second-order valence-electron chi connectivity index (χ2n) is 6.87. The molecule has 0 radical (unpaired) electrons. The van der Waals surface area contributed by atoms with Crippen LogP contribution in [0.15, 0.2) is 18.3 Å². The van der Waals surface area contributed by atoms with Gasteiger partial charge in [-0.05, 0) is 12.1 Å². The molecule has 136 valence electrons. The lowest BCUT2D eigenvalue weighted by atomic mass is 10.0. The van der Waals surface area contributed by atoms with Crippen LogP contribution in [0.5, 0.6) is 0 Å². The van der Waals surface area contributed by atoms with Crippen LogP contribution < -0.4 is 5.73 Å². The molecule has 0 aliphatic carbocycles. The Morgan fingerprint density at radius 2 is 1.80 bits per heavy atom. The summed E-state index contributed by atoms with van der Waals surface area (Å²) in [6.07, 6.45) is 1.45. The molecule has 3 heterocycles. The first kappa shape index (κ1) is 17.7. The summed E-state index contributed by atoms with van der Waals surface area (Å²) in [7, 11) is -3.30. The Labute approximate surface area is 146 Å². The lowest BCUT2D eigenvalue weighted by Gasteiger charge is -2.44. The monoisotopic (exact) mass is 366 g/mol. The average molecular weight is 366 g/mol. The Morgan fingerprint density at radius 3 is 2.40 bits per heavy atom. The van der Waals surface area contributed by atoms with E-state index in [0.29, 0.717) is 18.7 Å². The molecule has 8 nitrogen and oxygen atoms in total. The van der Waals surface area contributed by atoms with Gasteiger partial charge in [-0.1, -0.05) is 13.8 Å². The maximum atomic E-state index is 12.9. The number of nitrogens with zero attached hydrogens (tertiary/aromatic N) is 3. The molecule has 25 heavy (non-hydrogen) atoms. The van der Waals surface area contributed by atoms with E-state index in [9.17, 15) is 18.0 Å². The third-order valence-corrected chi connectivity index (χ3v) is 6.44. The number of hydrogen-bond donors (Lipinski definition) is 1. The first-order chi connectivity index (χ1) is 11.7. The quantitative estimate of drug-likeness (QED) is 0.773. The molecule has 1 aromatic rings. The van der Waals surface area contributed by atoms with Gasteiger partial charge in [0.15, 0.2) is 9.84 Å². The molecule has 3 rings (SSSR count). The fourth-order valence-electron chi connectivity index (χ4n) is 3.56. The van der Waals surface area contributed by atoms with Crippen LogP contribution in [0.1, 0.15) is 24.2 Å². The van der Waals surface area contributed by atoms with E-state index in [4.69, 9.17) is 5.73 Å². The molecule has 0 saturated carbocycles. The minimum Gasteiger partial charge on any atom is -0.384 e. The summed E-state index contributed by atoms with van der Waals surface area (Å²) in [5.74, 6) is -0.559. The number of anilines is 1. The van der Waals surface area contributed by atoms with Crippen LogP contribution in [-0.2, 0) is 14.6 Å². The zero-order valence-electron chi connectivity index (χ0n) is 14.3. The van der Waals surface area contributed by atoms with Crippen molar-refractivity contribution in [2.45, 2.75) is 25.9 Å². The van der Waals surface area contributed by atoms with E-state index in [1.54, 1.807) is 29.7 Å². The van der Waals surface area contributed by atoms with Crippen LogP contribution in [0, 0.1) is 5.92 Å². The standard InChI is InChI=1S/C16H22N4O4S/c1-10(2)15(21)19-5-6-20(13-9-25(23,24)8-12(13)19)16(22)11-3-4-18-14(17)7-11/h3-4,7,10,12-13H,5-6,8-9H2,1-2H3,(H2,17,18)/t12-,13+/m0/s1. The van der Waals surface area contributed by atoms with Crippen LogP contribution in [0.2, 0.25) is 0 Å². The highest BCUT2D eigenvalue weighted by Crippen LogP contribution is 2.29. The second kappa shape index (κ2) is 6.29. The SMILES string of the molecule is CC(C)C(=O)N1CCN(C(=O)c2ccnc(N)c2)[C@@H]2CS(=O)(=O)C[C@@H]21. The normalized spacial score (nSPS) is 25.1. The highest BCUT2D eigenvalue weighted by atomic mass is 32.2. The third-order valence-electron chi connectivity index (χ3n) is 4.74. The van der Waals surface area contributed by atoms with E-state index >= 15 is 0 Å². The number of nitrogen functional groups attached to an aromatic ring is 1. The zero-order valence-corrected chi connectivity index (χ0v) is 15.1. The van der Waals surface area contributed by atoms with Crippen molar-refractivity contribution in [3.8, 4) is 0 Å². The number of carbonyl (C=O) groups is 2. The average Bonchev–Trinajstić information content (AvgIpc) is 2.87. The van der Waals surface area contributed by atoms with E-state index in [2.05, 4.69) is 4.98 Å². The molecule has 9 heteroatoms. The van der Waals surface area contributed by atoms with Gasteiger partial charge in [0.25, 0.3) is 5.91 Å². The summed E-state index contributed by atoms with van der Waals surface area (Å²) in [5, 5.41) is 0. The van der Waals surface area contributed by atoms with E-state index in [1.807, 2.05) is 0 Å². The van der Waals surface area contributed by atoms with E-state index in [1.165, 1.54) is 12.3 Å². The van der Waals surface area contributed by atoms with Crippen molar-refractivity contribution < 1.29 is 18.0 Å². The number of pyridine rings is 1. The zero-order chi connectivity index (χ0) is 18.4. The van der Waals surface area contributed by atoms with Crippen molar-refractivity contribution in [1.29, 1.82) is 0 Å². The highest BCUT2D eigenvalue weighted by molar-refractivity contribution is 7.91. The number of rotatable bonds is 2. The smallest absolute Gasteiger partial charge is 0.254 e. The van der Waals surface area contributed by atoms with Gasteiger partial charge in [0.05, 0.1) is 23.6 Å². The number of piperazine rings is 1. The maximum absolute atomic E-state index is 12.9. The first-order valence-corrected chi connectivity index (χ1v) is 10.0. The van der Waals surface area contributed by atoms with Crippen LogP contribution in [0.25, 0.3) is 0 Å². The molecule has 2 atom stereocenters. The molecule has 2 N–H and O–H groups in total. The Morgan fingerprint density at radius 1 is 1.20 bits per heavy atom. The van der Waals surface area contributed by atoms with Crippen LogP contribution in [0.3, 0.4) is 0 Å². The van der Waals surface area contributed by atoms with Crippen LogP contribution in [-0.4, -0.2) is 71.7 Å². The first-order valence-electron chi connectivity index (χ1n) is 8.23. The molecule has 2 saturated heterocycles. The Hall–Kier alpha value is -2.16. The minimum absolute atomic E-state index is 0.0765. The van der Waals surface area contributed by atoms with Gasteiger partial charge in [0, 0.05) is 30.8 Å². The van der Waals surface area contributed by atoms with E-state index in [0.717, 1.165) is 0 Å². The maximum Gasteiger partial charge on any atom is 0.254 e. The van der Waals surface area contributed by atoms with Crippen molar-refractivity contribution in [3.05, 3.63) is 23.9 Å². The highest BCUT2D eigenvalue weighted by Gasteiger charge is 2.49. The number of aromatic nitrogens is 1. The van der Waals surface area contributed by atoms with Gasteiger partial charge < -0.3 is 15.5 Å². The molecule has 2 aliphatic rings. The van der Waals surface area contributed by atoms with Gasteiger partial charge in [-0.25, -0.2) is 13.4 Å². The predicted octanol–water partition coefficient (Wildman–Crippen LogP) is -0.230. The van der Waals surface area contributed by atoms with Crippen molar-refractivity contribution >= 4 is 27.5 Å². The topological polar surface area (TPSA) is 114 Å². The number of nitrogens with two attached hydrogens (primary N) is 1. The summed E-state index contributed by atoms with van der Waals surface area (Å²) in [6.45, 7) is 4.21. The van der Waals surface area contributed by atoms with Gasteiger partial charge >= 0.3 is 0 Å². The minimum atomic E-state index is -3.30. The molecular weight excluding hydrogens is 344 g/mol. The van der Waals surface area contributed by atoms with Crippen molar-refractivity contribution in [1.82, 2.24) is 14.8 Å². The fourth-order valence-corrected chi connectivity index (χ4v) is 5.54. The molecule has 0 aromatic carbocycles. The van der Waals surface area contributed by atoms with E-state index < -0.39 is 21.9 Å². The molecular formula is C16H22N4O4S. The molecule has 0 spiro atoms. The molecule has 2 amide bonds. The van der Waals surface area contributed by atoms with Crippen molar-refractivity contribution in [2.75, 3.05) is 30.3 Å². The Kier molecular flexibility index (Phi) is 4.44. The Bertz CT molecular complexity index is 808. The summed E-state index contributed by atoms with van der Waals surface area (Å²) in [6, 6.07) is 2.02. The summed E-state index contributed by atoms with van der Waals surface area (Å²) in [4.78, 5) is 32.4. The lowest BCUT2D eigenvalue weighted by molar-refractivity contribution is -0.139. The predicted molar refractivity (Wildman–Crippen MR) is 92.5 cm³/mol. The number of carbonyl (C=O) groups excluding carboxylic acids is 2. The van der Waals surface area contributed by atoms with Crippen LogP contribution >= 0.6 is 0 Å². The summed E-state index contributed by atoms with van der Waals surface area (Å²) < 4.78 is 24.4. The van der Waals surface area contributed by atoms with Gasteiger partial charge in [0.1, 0.15) is 5.82 Å². The number of amides is 2. The molecule has 0 unspecified atom stereocenters. The van der Waals surface area contributed by atoms with Gasteiger partial charge in [-0.3, -0.25) is 9.59 Å². The molecule has 1 aromatic heterocycles. The number of hydrogen-bond acceptors (Lipinski definition) is 6. The van der Waals surface area contributed by atoms with Crippen LogP contribution in [0.4, 0.5) is 5.82 Å². The largest absolute Gasteiger partial charge is 0.384 e. The Balaban J connectivity index is 1.91. The van der Waals surface area contributed by atoms with Crippen molar-refractivity contribution in [3.63, 3.8) is 0 Å². The van der Waals surface area contributed by atoms with E-state index in [-0.39, 0.29) is 35.1 Å². The number of sulfone groups is 1. The molecule has 2 aliphatic heterocycles. The second-order valence-corrected chi connectivity index (χ2v) is 9.02. The number of fused-ring (bicyclic) bond motifs is 1. The summed E-state index contributed by atoms with van der Waals surface area (Å²) in [5.41, 5.74) is 6.01. The van der Waals surface area contributed by atoms with Gasteiger partial charge in [-0.2, -0.15) is 0 Å². The lowest BCUT2D eigenvalue weighted by Crippen LogP contribution is -2.62. The summed E-state index contributed by atoms with van der Waals surface area (Å²) >= 11 is 0. The van der Waals surface area contributed by atoms with Gasteiger partial charge in [0.2, 0.25) is 5.91 Å². The molecule has 0 bridgehead atoms. The molecule has 2 fully saturated rings. The van der Waals surface area contributed by atoms with Gasteiger partial charge in [-0.15, -0.1) is 0 Å². The fraction of sp³-hybridized carbons (Fsp3) is 0.562. The van der Waals surface area contributed by atoms with Crippen molar-refractivity contribution in [2.24, 2.45) is 5.92 Å².